The molecule has 5 N–H and O–H groups in total. The van der Waals surface area contributed by atoms with Gasteiger partial charge in [0.05, 0.1) is 60.4 Å². The van der Waals surface area contributed by atoms with Crippen molar-refractivity contribution in [2.75, 3.05) is 258 Å². The normalized spacial score (nSPS) is 43.9. The van der Waals surface area contributed by atoms with Crippen LogP contribution in [0.4, 0.5) is 52.4 Å². The standard InChI is InChI=1S/5C22H35ClN4O/c5*1-17-5-4-6-20(21(17)23)27-15-13-26(14-16-27)12-11-18-7-9-19(10-8-18)24-22(28)25(2)3/h5*4-6,18-19H,7-16H2,1-3H3,(H,24,28)/i7D2,8D2,9D2,10D2,11D2,12D2,18D,19D;2D3,7D2,8D2,9D2,10D2,12D2,18D,19D;2D3,7D2,8D2,9D2,10D2,11D2,18D,19D;7D2,8D2,9D2,10D2,12D2,18D,19D;7D2,8D2,9D2,10D2,11D2,18D,19D. The van der Waals surface area contributed by atoms with E-state index in [1.165, 1.54) is 62.3 Å². The van der Waals surface area contributed by atoms with Gasteiger partial charge in [-0.1, -0.05) is 119 Å². The fraction of sp³-hybridized carbons (Fsp3) is 0.682. The van der Waals surface area contributed by atoms with Crippen LogP contribution in [-0.2, 0) is 0 Å². The second kappa shape index (κ2) is 57.6. The number of halogens is 5. The molecule has 5 heterocycles. The fourth-order valence-electron chi connectivity index (χ4n) is 14.2. The second-order valence-electron chi connectivity index (χ2n) is 33.7. The van der Waals surface area contributed by atoms with Crippen LogP contribution in [0.25, 0.3) is 0 Å². The van der Waals surface area contributed by atoms with E-state index in [4.69, 9.17) is 151 Å². The first-order valence-corrected chi connectivity index (χ1v) is 47.1. The molecule has 15 rings (SSSR count). The molecule has 5 aliphatic carbocycles. The molecule has 0 aromatic heterocycles. The maximum absolute atomic E-state index is 12.7. The molecule has 5 aromatic rings. The monoisotopic (exact) mass is 2100 g/mol. The van der Waals surface area contributed by atoms with Crippen molar-refractivity contribution >= 4 is 117 Å². The first-order chi connectivity index (χ1) is 92.9. The first kappa shape index (κ1) is 51.8. The van der Waals surface area contributed by atoms with Crippen molar-refractivity contribution in [1.82, 2.24) is 75.6 Å². The fourth-order valence-corrected chi connectivity index (χ4v) is 15.5. The highest BCUT2D eigenvalue weighted by Crippen LogP contribution is 2.39. The molecule has 5 aromatic carbocycles. The highest BCUT2D eigenvalue weighted by molar-refractivity contribution is 6.35. The van der Waals surface area contributed by atoms with Crippen molar-refractivity contribution in [3.05, 3.63) is 144 Å². The number of carbonyl (C=O) groups is 5. The van der Waals surface area contributed by atoms with Crippen LogP contribution in [-0.4, -0.2) is 343 Å². The first-order valence-electron chi connectivity index (χ1n) is 79.2. The molecule has 780 valence electrons. The molecule has 0 radical (unpaired) electrons. The lowest BCUT2D eigenvalue weighted by Gasteiger charge is -2.37. The zero-order valence-corrected chi connectivity index (χ0v) is 84.5. The lowest BCUT2D eigenvalue weighted by atomic mass is 9.84. The number of rotatable bonds is 25. The van der Waals surface area contributed by atoms with Gasteiger partial charge in [-0.05, 0) is 314 Å². The van der Waals surface area contributed by atoms with Crippen LogP contribution in [0.5, 0.6) is 0 Å². The van der Waals surface area contributed by atoms with Crippen LogP contribution in [0.2, 0.25) is 25.1 Å². The summed E-state index contributed by atoms with van der Waals surface area (Å²) < 4.78 is 580. The third-order valence-electron chi connectivity index (χ3n) is 22.6. The van der Waals surface area contributed by atoms with Crippen LogP contribution in [0.1, 0.15) is 280 Å². The summed E-state index contributed by atoms with van der Waals surface area (Å²) in [7, 11) is 8.72. The average Bonchev–Trinajstić information content (AvgIpc) is 0.634. The Hall–Kier alpha value is -7.30. The largest absolute Gasteiger partial charge is 0.368 e. The zero-order valence-electron chi connectivity index (χ0n) is 149. The molecule has 0 bridgehead atoms. The van der Waals surface area contributed by atoms with Gasteiger partial charge in [0.25, 0.3) is 0 Å². The highest BCUT2D eigenvalue weighted by atomic mass is 35.5. The molecule has 10 fully saturated rings. The highest BCUT2D eigenvalue weighted by Gasteiger charge is 2.33. The van der Waals surface area contributed by atoms with Gasteiger partial charge >= 0.3 is 30.2 Å². The lowest BCUT2D eigenvalue weighted by Crippen LogP contribution is -2.47. The molecule has 5 saturated carbocycles. The number of urea groups is 5. The third kappa shape index (κ3) is 35.8. The van der Waals surface area contributed by atoms with Crippen LogP contribution in [0, 0.1) is 64.1 Å². The van der Waals surface area contributed by atoms with Crippen LogP contribution >= 0.6 is 58.0 Å². The molecule has 140 heavy (non-hydrogen) atoms. The van der Waals surface area contributed by atoms with Crippen LogP contribution < -0.4 is 51.1 Å². The lowest BCUT2D eigenvalue weighted by molar-refractivity contribution is 0.194. The van der Waals surface area contributed by atoms with Crippen molar-refractivity contribution in [2.24, 2.45) is 29.5 Å². The molecule has 25 nitrogen and oxygen atoms in total. The van der Waals surface area contributed by atoms with Crippen molar-refractivity contribution in [3.63, 3.8) is 0 Å². The predicted octanol–water partition coefficient (Wildman–Crippen LogP) is 20.0. The minimum atomic E-state index is -4.13. The van der Waals surface area contributed by atoms with Gasteiger partial charge in [0.15, 0.2) is 0 Å². The van der Waals surface area contributed by atoms with Crippen molar-refractivity contribution < 1.29 is 117 Å². The van der Waals surface area contributed by atoms with Crippen molar-refractivity contribution in [1.29, 1.82) is 0 Å². The summed E-state index contributed by atoms with van der Waals surface area (Å²) in [5.74, 6) is -18.5. The number of hydrogen-bond acceptors (Lipinski definition) is 15. The van der Waals surface area contributed by atoms with Crippen LogP contribution in [0.3, 0.4) is 0 Å². The van der Waals surface area contributed by atoms with E-state index in [0.29, 0.717) is 70.1 Å². The molecule has 5 aliphatic heterocycles. The maximum atomic E-state index is 12.7. The molecular weight excluding hydrogens is 1860 g/mol. The second-order valence-corrected chi connectivity index (χ2v) is 35.5. The number of hydrogen-bond donors (Lipinski definition) is 5. The number of piperazine rings is 5. The van der Waals surface area contributed by atoms with Gasteiger partial charge in [0.2, 0.25) is 0 Å². The molecule has 10 amide bonds. The van der Waals surface area contributed by atoms with Crippen molar-refractivity contribution in [3.8, 4) is 0 Å². The summed E-state index contributed by atoms with van der Waals surface area (Å²) in [6.07, 6.45) is -89.9. The van der Waals surface area contributed by atoms with E-state index in [1.54, 1.807) is 44.4 Å². The average molecular weight is 2100 g/mol. The summed E-state index contributed by atoms with van der Waals surface area (Å²) >= 11 is 32.2. The van der Waals surface area contributed by atoms with Gasteiger partial charge in [0, 0.05) is 318 Å². The number of nitrogens with zero attached hydrogens (tertiary/aromatic N) is 15. The van der Waals surface area contributed by atoms with Crippen molar-refractivity contribution in [2.45, 2.75) is 224 Å². The van der Waals surface area contributed by atoms with E-state index >= 15 is 0 Å². The van der Waals surface area contributed by atoms with E-state index in [1.807, 2.05) is 132 Å². The van der Waals surface area contributed by atoms with Gasteiger partial charge < -0.3 is 75.6 Å². The maximum Gasteiger partial charge on any atom is 0.317 e. The van der Waals surface area contributed by atoms with Gasteiger partial charge in [-0.2, -0.15) is 0 Å². The van der Waals surface area contributed by atoms with Gasteiger partial charge in [-0.3, -0.25) is 24.5 Å². The van der Waals surface area contributed by atoms with E-state index in [2.05, 4.69) is 0 Å². The molecule has 10 aliphatic rings. The third-order valence-corrected chi connectivity index (χ3v) is 25.1. The summed E-state index contributed by atoms with van der Waals surface area (Å²) in [5.41, 5.74) is 7.91. The Morgan fingerprint density at radius 3 is 0.693 bits per heavy atom. The predicted molar refractivity (Wildman–Crippen MR) is 587 cm³/mol. The summed E-state index contributed by atoms with van der Waals surface area (Å²) in [6, 6.07) is 1.96. The topological polar surface area (TPSA) is 194 Å². The molecule has 5 saturated heterocycles. The number of carbonyl (C=O) groups excluding carboxylic acids is 5. The summed E-state index contributed by atoms with van der Waals surface area (Å²) in [6.45, 7) is -3.58. The number of aryl methyl sites for hydroxylation is 5. The molecule has 0 atom stereocenters. The van der Waals surface area contributed by atoms with Gasteiger partial charge in [0.1, 0.15) is 0 Å². The van der Waals surface area contributed by atoms with E-state index in [0.717, 1.165) is 84.3 Å². The molecule has 30 heteroatoms. The Bertz CT molecular complexity index is 7940. The van der Waals surface area contributed by atoms with Gasteiger partial charge in [-0.15, -0.1) is 0 Å². The Morgan fingerprint density at radius 2 is 0.479 bits per heavy atom. The Balaban J connectivity index is 0.000000238. The Labute approximate surface area is 963 Å². The molecular formula is C110H175Cl5N20O5. The Morgan fingerprint density at radius 1 is 0.286 bits per heavy atom. The van der Waals surface area contributed by atoms with E-state index in [9.17, 15) is 24.0 Å². The van der Waals surface area contributed by atoms with E-state index in [-0.39, 0.29) is 101 Å². The minimum Gasteiger partial charge on any atom is -0.368 e. The quantitative estimate of drug-likeness (QED) is 0.0370. The smallest absolute Gasteiger partial charge is 0.317 e. The number of anilines is 5. The minimum absolute atomic E-state index is 0.0268. The SMILES string of the molecule is [2H]C([2H])(CC1([2H])C([2H])([2H])C([2H])([2H])C([2H])(NC(=O)N(C)C)C([2H])([2H])C1([2H])[2H])N1CCN(c2cccc(C)c2Cl)CC1.[2H]C([2H])(CN1CCN(c2cccc(C)c2Cl)CC1)C1([2H])C([2H])([2H])C([2H])([2H])C([2H])(NC(=O)N(C)C)C([2H])([2H])C1([2H])[2H].[2H]C([2H])(N1CCN(c2cccc(C)c2Cl)CC1)C([2H])([2H])C1([2H])C([2H])([2H])C([2H])([2H])C([2H])(NC(=O)N(C)C)C([2H])([2H])C1([2H])[2H].[2H]C([2H])([2H])N(C)C(=O)NC1([2H])C([2H])([2H])C([2H])([2H])C([2H])(C([2H])([2H])CN2CCN(c3cccc(C)c3Cl)CC2)C([2H])([2H])C1([2H])[2H].[2H]C([2H])([2H])N(C)C(=O)NC1([2H])C([2H])([2H])C([2H])([2H])C([2H])(CC([2H])([2H])N2CCN(c3cccc(C)c3Cl)CC2)C([2H])([2H])C1([2H])[2H]. The number of nitrogens with one attached hydrogen (secondary N) is 5. The molecule has 0 spiro atoms. The Kier molecular flexibility index (Phi) is 21.3. The number of amides is 10. The summed E-state index contributed by atoms with van der Waals surface area (Å²) in [5, 5.41) is 11.0. The number of benzene rings is 5. The summed E-state index contributed by atoms with van der Waals surface area (Å²) in [4.78, 5) is 81.2. The van der Waals surface area contributed by atoms with Crippen LogP contribution in [0.15, 0.2) is 91.0 Å². The zero-order chi connectivity index (χ0) is 161. The molecule has 0 unspecified atom stereocenters. The van der Waals surface area contributed by atoms with E-state index < -0.39 is 296 Å². The van der Waals surface area contributed by atoms with Gasteiger partial charge in [-0.25, -0.2) is 24.0 Å².